The molecule has 0 radical (unpaired) electrons. The zero-order valence-corrected chi connectivity index (χ0v) is 16.7. The zero-order valence-electron chi connectivity index (χ0n) is 15.9. The summed E-state index contributed by atoms with van der Waals surface area (Å²) in [6.07, 6.45) is 4.55. The minimum atomic E-state index is 0.272. The molecule has 4 rings (SSSR count). The van der Waals surface area contributed by atoms with Gasteiger partial charge in [-0.15, -0.1) is 11.3 Å². The maximum absolute atomic E-state index is 12.7. The molecule has 6 heteroatoms. The van der Waals surface area contributed by atoms with Crippen LogP contribution in [-0.4, -0.2) is 73.7 Å². The first-order chi connectivity index (χ1) is 12.7. The van der Waals surface area contributed by atoms with Crippen molar-refractivity contribution in [1.82, 2.24) is 14.7 Å². The van der Waals surface area contributed by atoms with Gasteiger partial charge >= 0.3 is 6.03 Å². The smallest absolute Gasteiger partial charge is 0.319 e. The van der Waals surface area contributed by atoms with E-state index in [4.69, 9.17) is 4.74 Å². The molecule has 0 aromatic carbocycles. The third-order valence-electron chi connectivity index (χ3n) is 6.62. The van der Waals surface area contributed by atoms with Crippen molar-refractivity contribution < 1.29 is 9.53 Å². The molecule has 1 aromatic heterocycles. The second-order valence-electron chi connectivity index (χ2n) is 8.23. The molecule has 26 heavy (non-hydrogen) atoms. The molecule has 1 atom stereocenters. The summed E-state index contributed by atoms with van der Waals surface area (Å²) in [5.41, 5.74) is 0.315. The lowest BCUT2D eigenvalue weighted by atomic mass is 9.71. The second kappa shape index (κ2) is 7.87. The summed E-state index contributed by atoms with van der Waals surface area (Å²) in [6, 6.07) is 4.65. The number of carbonyl (C=O) groups excluding carboxylic acids is 1. The van der Waals surface area contributed by atoms with Gasteiger partial charge in [-0.05, 0) is 42.5 Å². The summed E-state index contributed by atoms with van der Waals surface area (Å²) in [6.45, 7) is 7.85. The van der Waals surface area contributed by atoms with Gasteiger partial charge in [0.05, 0.1) is 6.61 Å². The van der Waals surface area contributed by atoms with E-state index in [-0.39, 0.29) is 6.03 Å². The molecule has 1 spiro atoms. The van der Waals surface area contributed by atoms with Crippen molar-refractivity contribution in [2.45, 2.75) is 32.2 Å². The Kier molecular flexibility index (Phi) is 5.53. The lowest BCUT2D eigenvalue weighted by Gasteiger charge is -2.43. The summed E-state index contributed by atoms with van der Waals surface area (Å²) >= 11 is 1.85. The number of amides is 2. The largest absolute Gasteiger partial charge is 0.384 e. The Balaban J connectivity index is 1.39. The van der Waals surface area contributed by atoms with Crippen LogP contribution >= 0.6 is 11.3 Å². The van der Waals surface area contributed by atoms with Crippen molar-refractivity contribution in [1.29, 1.82) is 0 Å². The van der Waals surface area contributed by atoms with E-state index in [9.17, 15) is 4.79 Å². The number of urea groups is 1. The number of carbonyl (C=O) groups is 1. The van der Waals surface area contributed by atoms with Crippen molar-refractivity contribution in [2.75, 3.05) is 53.0 Å². The Hall–Kier alpha value is -1.11. The molecule has 5 nitrogen and oxygen atoms in total. The van der Waals surface area contributed by atoms with Crippen LogP contribution in [0.2, 0.25) is 0 Å². The molecule has 2 amide bonds. The van der Waals surface area contributed by atoms with Crippen molar-refractivity contribution in [2.24, 2.45) is 11.3 Å². The molecule has 0 bridgehead atoms. The normalized spacial score (nSPS) is 26.1. The third-order valence-corrected chi connectivity index (χ3v) is 7.48. The highest BCUT2D eigenvalue weighted by atomic mass is 32.1. The quantitative estimate of drug-likeness (QED) is 0.809. The van der Waals surface area contributed by atoms with Gasteiger partial charge in [0.25, 0.3) is 0 Å². The first-order valence-electron chi connectivity index (χ1n) is 9.98. The standard InChI is InChI=1S/C20H31N3O2S/c1-25-15-17-13-21(14-18-5-4-12-26-18)16-20(17)6-10-23(11-7-20)19(24)22-8-2-3-9-22/h4-5,12,17H,2-3,6-11,13-16H2,1H3. The van der Waals surface area contributed by atoms with Crippen LogP contribution in [0, 0.1) is 11.3 Å². The number of hydrogen-bond acceptors (Lipinski definition) is 4. The zero-order chi connectivity index (χ0) is 18.0. The van der Waals surface area contributed by atoms with Gasteiger partial charge in [0, 0.05) is 63.7 Å². The van der Waals surface area contributed by atoms with Gasteiger partial charge in [-0.3, -0.25) is 4.90 Å². The van der Waals surface area contributed by atoms with Crippen molar-refractivity contribution in [3.8, 4) is 0 Å². The maximum Gasteiger partial charge on any atom is 0.319 e. The van der Waals surface area contributed by atoms with Crippen LogP contribution in [-0.2, 0) is 11.3 Å². The molecule has 3 aliphatic heterocycles. The maximum atomic E-state index is 12.7. The molecule has 3 saturated heterocycles. The Labute approximate surface area is 160 Å². The van der Waals surface area contributed by atoms with Gasteiger partial charge in [0.1, 0.15) is 0 Å². The van der Waals surface area contributed by atoms with Gasteiger partial charge in [0.2, 0.25) is 0 Å². The Morgan fingerprint density at radius 3 is 2.62 bits per heavy atom. The third kappa shape index (κ3) is 3.64. The molecule has 0 aliphatic carbocycles. The highest BCUT2D eigenvalue weighted by Gasteiger charge is 2.48. The predicted octanol–water partition coefficient (Wildman–Crippen LogP) is 3.12. The molecule has 0 saturated carbocycles. The second-order valence-corrected chi connectivity index (χ2v) is 9.26. The first kappa shape index (κ1) is 18.3. The highest BCUT2D eigenvalue weighted by Crippen LogP contribution is 2.45. The fraction of sp³-hybridized carbons (Fsp3) is 0.750. The predicted molar refractivity (Wildman–Crippen MR) is 104 cm³/mol. The first-order valence-corrected chi connectivity index (χ1v) is 10.9. The van der Waals surface area contributed by atoms with Gasteiger partial charge in [0.15, 0.2) is 0 Å². The molecular weight excluding hydrogens is 346 g/mol. The average molecular weight is 378 g/mol. The fourth-order valence-electron chi connectivity index (χ4n) is 5.14. The number of likely N-dealkylation sites (tertiary alicyclic amines) is 3. The molecule has 1 unspecified atom stereocenters. The minimum absolute atomic E-state index is 0.272. The van der Waals surface area contributed by atoms with Crippen molar-refractivity contribution in [3.63, 3.8) is 0 Å². The molecule has 3 aliphatic rings. The van der Waals surface area contributed by atoms with E-state index in [0.717, 1.165) is 78.1 Å². The summed E-state index contributed by atoms with van der Waals surface area (Å²) in [5.74, 6) is 0.580. The van der Waals surface area contributed by atoms with E-state index >= 15 is 0 Å². The Morgan fingerprint density at radius 1 is 1.23 bits per heavy atom. The minimum Gasteiger partial charge on any atom is -0.384 e. The molecule has 144 valence electrons. The number of piperidine rings is 1. The summed E-state index contributed by atoms with van der Waals surface area (Å²) in [5, 5.41) is 2.16. The van der Waals surface area contributed by atoms with E-state index < -0.39 is 0 Å². The Morgan fingerprint density at radius 2 is 1.96 bits per heavy atom. The fourth-order valence-corrected chi connectivity index (χ4v) is 5.88. The highest BCUT2D eigenvalue weighted by molar-refractivity contribution is 7.09. The Bertz CT molecular complexity index is 592. The summed E-state index contributed by atoms with van der Waals surface area (Å²) < 4.78 is 5.58. The van der Waals surface area contributed by atoms with Gasteiger partial charge in [-0.25, -0.2) is 4.79 Å². The van der Waals surface area contributed by atoms with E-state index in [1.54, 1.807) is 0 Å². The van der Waals surface area contributed by atoms with Crippen molar-refractivity contribution >= 4 is 17.4 Å². The molecule has 3 fully saturated rings. The molecular formula is C20H31N3O2S. The summed E-state index contributed by atoms with van der Waals surface area (Å²) in [4.78, 5) is 20.9. The number of methoxy groups -OCH3 is 1. The van der Waals surface area contributed by atoms with Crippen LogP contribution in [0.25, 0.3) is 0 Å². The number of rotatable bonds is 4. The number of nitrogens with zero attached hydrogens (tertiary/aromatic N) is 3. The van der Waals surface area contributed by atoms with Crippen LogP contribution < -0.4 is 0 Å². The van der Waals surface area contributed by atoms with Crippen LogP contribution in [0.15, 0.2) is 17.5 Å². The van der Waals surface area contributed by atoms with Gasteiger partial charge in [-0.1, -0.05) is 6.07 Å². The summed E-state index contributed by atoms with van der Waals surface area (Å²) in [7, 11) is 1.82. The van der Waals surface area contributed by atoms with Crippen molar-refractivity contribution in [3.05, 3.63) is 22.4 Å². The molecule has 0 N–H and O–H groups in total. The van der Waals surface area contributed by atoms with E-state index in [0.29, 0.717) is 11.3 Å². The van der Waals surface area contributed by atoms with E-state index in [1.807, 2.05) is 23.3 Å². The van der Waals surface area contributed by atoms with E-state index in [1.165, 1.54) is 4.88 Å². The molecule has 1 aromatic rings. The number of thiophene rings is 1. The lowest BCUT2D eigenvalue weighted by molar-refractivity contribution is 0.0423. The lowest BCUT2D eigenvalue weighted by Crippen LogP contribution is -2.50. The van der Waals surface area contributed by atoms with Crippen LogP contribution in [0.1, 0.15) is 30.6 Å². The SMILES string of the molecule is COCC1CN(Cc2cccs2)CC12CCN(C(=O)N1CCCC1)CC2. The number of ether oxygens (including phenoxy) is 1. The van der Waals surface area contributed by atoms with Crippen LogP contribution in [0.3, 0.4) is 0 Å². The van der Waals surface area contributed by atoms with Gasteiger partial charge < -0.3 is 14.5 Å². The topological polar surface area (TPSA) is 36.0 Å². The monoisotopic (exact) mass is 377 g/mol. The van der Waals surface area contributed by atoms with E-state index in [2.05, 4.69) is 27.3 Å². The van der Waals surface area contributed by atoms with Gasteiger partial charge in [-0.2, -0.15) is 0 Å². The van der Waals surface area contributed by atoms with Crippen LogP contribution in [0.4, 0.5) is 4.79 Å². The average Bonchev–Trinajstić information content (AvgIpc) is 3.39. The number of hydrogen-bond donors (Lipinski definition) is 0. The molecule has 4 heterocycles. The van der Waals surface area contributed by atoms with Crippen LogP contribution in [0.5, 0.6) is 0 Å².